The molecule has 0 spiro atoms. The van der Waals surface area contributed by atoms with E-state index >= 15 is 0 Å². The van der Waals surface area contributed by atoms with Crippen molar-refractivity contribution in [3.63, 3.8) is 0 Å². The number of hydrogen-bond donors (Lipinski definition) is 3. The van der Waals surface area contributed by atoms with Crippen molar-refractivity contribution >= 4 is 11.8 Å². The summed E-state index contributed by atoms with van der Waals surface area (Å²) >= 11 is 0. The summed E-state index contributed by atoms with van der Waals surface area (Å²) in [5.74, 6) is 0.225. The van der Waals surface area contributed by atoms with Gasteiger partial charge in [0.05, 0.1) is 12.1 Å². The number of nitrogens with one attached hydrogen (secondary N) is 3. The van der Waals surface area contributed by atoms with Crippen LogP contribution in [0.2, 0.25) is 0 Å². The van der Waals surface area contributed by atoms with Gasteiger partial charge in [0, 0.05) is 43.9 Å². The minimum atomic E-state index is -0.265. The van der Waals surface area contributed by atoms with Crippen LogP contribution in [0.1, 0.15) is 37.7 Å². The second-order valence-corrected chi connectivity index (χ2v) is 7.31. The lowest BCUT2D eigenvalue weighted by Gasteiger charge is -2.32. The number of likely N-dealkylation sites (tertiary alicyclic amines) is 1. The lowest BCUT2D eigenvalue weighted by atomic mass is 9.84. The summed E-state index contributed by atoms with van der Waals surface area (Å²) in [5, 5.41) is 2.95. The van der Waals surface area contributed by atoms with Gasteiger partial charge in [-0.2, -0.15) is 0 Å². The minimum Gasteiger partial charge on any atom is -0.352 e. The maximum atomic E-state index is 12.5. The summed E-state index contributed by atoms with van der Waals surface area (Å²) < 4.78 is 0. The highest BCUT2D eigenvalue weighted by molar-refractivity contribution is 5.89. The number of pyridine rings is 1. The molecule has 4 rings (SSSR count). The molecule has 2 amide bonds. The number of rotatable bonds is 4. The van der Waals surface area contributed by atoms with Crippen LogP contribution in [0.5, 0.6) is 0 Å². The van der Waals surface area contributed by atoms with E-state index in [0.717, 1.165) is 18.4 Å². The quantitative estimate of drug-likeness (QED) is 0.743. The van der Waals surface area contributed by atoms with E-state index in [4.69, 9.17) is 0 Å². The molecular formula is C18H25N5O2. The molecule has 2 saturated heterocycles. The van der Waals surface area contributed by atoms with Crippen LogP contribution in [-0.4, -0.2) is 40.5 Å². The van der Waals surface area contributed by atoms with E-state index in [9.17, 15) is 9.59 Å². The molecule has 7 heteroatoms. The molecule has 3 fully saturated rings. The fourth-order valence-electron chi connectivity index (χ4n) is 4.34. The Balaban J connectivity index is 1.34. The summed E-state index contributed by atoms with van der Waals surface area (Å²) in [6.07, 6.45) is 8.51. The predicted octanol–water partition coefficient (Wildman–Crippen LogP) is 0.539. The van der Waals surface area contributed by atoms with Crippen molar-refractivity contribution in [2.45, 2.75) is 50.9 Å². The first-order chi connectivity index (χ1) is 12.2. The molecule has 2 aliphatic heterocycles. The highest BCUT2D eigenvalue weighted by Crippen LogP contribution is 2.34. The van der Waals surface area contributed by atoms with Crippen LogP contribution in [0.4, 0.5) is 0 Å². The average Bonchev–Trinajstić information content (AvgIpc) is 3.24. The summed E-state index contributed by atoms with van der Waals surface area (Å²) in [6.45, 7) is 0.976. The third-order valence-electron chi connectivity index (χ3n) is 5.72. The highest BCUT2D eigenvalue weighted by atomic mass is 16.2. The first-order valence-electron chi connectivity index (χ1n) is 9.19. The fraction of sp³-hybridized carbons (Fsp3) is 0.611. The van der Waals surface area contributed by atoms with Gasteiger partial charge in [0.2, 0.25) is 11.8 Å². The lowest BCUT2D eigenvalue weighted by Crippen LogP contribution is -2.48. The van der Waals surface area contributed by atoms with Crippen molar-refractivity contribution in [1.82, 2.24) is 26.1 Å². The molecule has 0 radical (unpaired) electrons. The van der Waals surface area contributed by atoms with Gasteiger partial charge in [0.25, 0.3) is 0 Å². The van der Waals surface area contributed by atoms with Crippen LogP contribution >= 0.6 is 0 Å². The van der Waals surface area contributed by atoms with E-state index in [0.29, 0.717) is 31.5 Å². The first-order valence-corrected chi connectivity index (χ1v) is 9.19. The number of hydrazine groups is 1. The molecule has 4 atom stereocenters. The van der Waals surface area contributed by atoms with Crippen LogP contribution in [0, 0.1) is 11.8 Å². The molecule has 7 nitrogen and oxygen atoms in total. The number of fused-ring (bicyclic) bond motifs is 1. The number of nitrogens with zero attached hydrogens (tertiary/aromatic N) is 2. The van der Waals surface area contributed by atoms with Crippen LogP contribution in [0.25, 0.3) is 0 Å². The SMILES string of the molecule is O=C(NCc1ccncc1)C1CC(=O)N(C2NNC3CCCCC32)C1. The standard InChI is InChI=1S/C18H25N5O2/c24-16-9-13(18(25)20-10-12-5-7-19-8-6-12)11-23(16)17-14-3-1-2-4-15(14)21-22-17/h5-8,13-15,17,21-22H,1-4,9-11H2,(H,20,25). The molecule has 1 aromatic rings. The molecule has 3 aliphatic rings. The van der Waals surface area contributed by atoms with Crippen LogP contribution in [0.15, 0.2) is 24.5 Å². The Morgan fingerprint density at radius 2 is 2.04 bits per heavy atom. The van der Waals surface area contributed by atoms with Crippen molar-refractivity contribution < 1.29 is 9.59 Å². The van der Waals surface area contributed by atoms with E-state index in [1.165, 1.54) is 12.8 Å². The van der Waals surface area contributed by atoms with Gasteiger partial charge < -0.3 is 10.2 Å². The number of amides is 2. The molecule has 1 aliphatic carbocycles. The Bertz CT molecular complexity index is 638. The molecule has 0 aromatic carbocycles. The van der Waals surface area contributed by atoms with Gasteiger partial charge in [0.1, 0.15) is 0 Å². The van der Waals surface area contributed by atoms with Crippen molar-refractivity contribution in [1.29, 1.82) is 0 Å². The van der Waals surface area contributed by atoms with Crippen molar-refractivity contribution in [2.75, 3.05) is 6.54 Å². The molecule has 3 heterocycles. The molecule has 4 unspecified atom stereocenters. The average molecular weight is 343 g/mol. The molecule has 25 heavy (non-hydrogen) atoms. The van der Waals surface area contributed by atoms with E-state index in [1.807, 2.05) is 17.0 Å². The van der Waals surface area contributed by atoms with Gasteiger partial charge >= 0.3 is 0 Å². The zero-order chi connectivity index (χ0) is 17.2. The monoisotopic (exact) mass is 343 g/mol. The largest absolute Gasteiger partial charge is 0.352 e. The van der Waals surface area contributed by atoms with Crippen LogP contribution in [-0.2, 0) is 16.1 Å². The van der Waals surface area contributed by atoms with Crippen LogP contribution in [0.3, 0.4) is 0 Å². The van der Waals surface area contributed by atoms with Gasteiger partial charge in [-0.1, -0.05) is 12.8 Å². The topological polar surface area (TPSA) is 86.4 Å². The Hall–Kier alpha value is -1.99. The second-order valence-electron chi connectivity index (χ2n) is 7.31. The second kappa shape index (κ2) is 7.09. The van der Waals surface area contributed by atoms with Gasteiger partial charge in [-0.15, -0.1) is 0 Å². The number of aromatic nitrogens is 1. The molecule has 3 N–H and O–H groups in total. The van der Waals surface area contributed by atoms with E-state index in [-0.39, 0.29) is 23.9 Å². The first kappa shape index (κ1) is 16.5. The summed E-state index contributed by atoms with van der Waals surface area (Å²) in [5.41, 5.74) is 7.66. The van der Waals surface area contributed by atoms with E-state index in [2.05, 4.69) is 21.2 Å². The van der Waals surface area contributed by atoms with E-state index in [1.54, 1.807) is 12.4 Å². The number of carbonyl (C=O) groups is 2. The van der Waals surface area contributed by atoms with Crippen molar-refractivity contribution in [2.24, 2.45) is 11.8 Å². The fourth-order valence-corrected chi connectivity index (χ4v) is 4.34. The summed E-state index contributed by atoms with van der Waals surface area (Å²) in [4.78, 5) is 30.8. The molecule has 1 saturated carbocycles. The predicted molar refractivity (Wildman–Crippen MR) is 91.7 cm³/mol. The van der Waals surface area contributed by atoms with Crippen LogP contribution < -0.4 is 16.2 Å². The Labute approximate surface area is 147 Å². The zero-order valence-corrected chi connectivity index (χ0v) is 14.3. The smallest absolute Gasteiger partial charge is 0.225 e. The van der Waals surface area contributed by atoms with Gasteiger partial charge in [-0.3, -0.25) is 20.0 Å². The highest BCUT2D eigenvalue weighted by Gasteiger charge is 2.46. The molecule has 0 bridgehead atoms. The lowest BCUT2D eigenvalue weighted by molar-refractivity contribution is -0.131. The van der Waals surface area contributed by atoms with E-state index < -0.39 is 0 Å². The Morgan fingerprint density at radius 1 is 1.24 bits per heavy atom. The number of hydrogen-bond acceptors (Lipinski definition) is 5. The van der Waals surface area contributed by atoms with Gasteiger partial charge in [0.15, 0.2) is 0 Å². The molecule has 134 valence electrons. The summed E-state index contributed by atoms with van der Waals surface area (Å²) in [6, 6.07) is 4.21. The third-order valence-corrected chi connectivity index (χ3v) is 5.72. The minimum absolute atomic E-state index is 0.0239. The maximum Gasteiger partial charge on any atom is 0.225 e. The third kappa shape index (κ3) is 3.39. The van der Waals surface area contributed by atoms with Crippen molar-refractivity contribution in [3.8, 4) is 0 Å². The molecular weight excluding hydrogens is 318 g/mol. The van der Waals surface area contributed by atoms with Crippen molar-refractivity contribution in [3.05, 3.63) is 30.1 Å². The number of carbonyl (C=O) groups excluding carboxylic acids is 2. The zero-order valence-electron chi connectivity index (χ0n) is 14.3. The summed E-state index contributed by atoms with van der Waals surface area (Å²) in [7, 11) is 0. The Kier molecular flexibility index (Phi) is 4.67. The Morgan fingerprint density at radius 3 is 2.88 bits per heavy atom. The van der Waals surface area contributed by atoms with Gasteiger partial charge in [-0.25, -0.2) is 5.43 Å². The normalized spacial score (nSPS) is 31.8. The maximum absolute atomic E-state index is 12.5. The molecule has 1 aromatic heterocycles. The van der Waals surface area contributed by atoms with Gasteiger partial charge in [-0.05, 0) is 30.5 Å².